The van der Waals surface area contributed by atoms with Gasteiger partial charge in [0.05, 0.1) is 22.6 Å². The molecule has 0 saturated heterocycles. The van der Waals surface area contributed by atoms with Gasteiger partial charge in [0.1, 0.15) is 18.2 Å². The normalized spacial score (nSPS) is 11.2. The Hall–Kier alpha value is -4.65. The van der Waals surface area contributed by atoms with Crippen molar-refractivity contribution in [2.45, 2.75) is 13.5 Å². The second-order valence-corrected chi connectivity index (χ2v) is 7.94. The van der Waals surface area contributed by atoms with Crippen LogP contribution in [0.5, 0.6) is 5.75 Å². The van der Waals surface area contributed by atoms with Crippen LogP contribution >= 0.6 is 0 Å². The molecule has 0 spiro atoms. The van der Waals surface area contributed by atoms with E-state index < -0.39 is 0 Å². The molecule has 7 nitrogen and oxygen atoms in total. The number of nitrogens with zero attached hydrogens (tertiary/aromatic N) is 6. The van der Waals surface area contributed by atoms with E-state index in [-0.39, 0.29) is 0 Å². The summed E-state index contributed by atoms with van der Waals surface area (Å²) < 4.78 is 7.77. The summed E-state index contributed by atoms with van der Waals surface area (Å²) in [5.74, 6) is 2.00. The van der Waals surface area contributed by atoms with Gasteiger partial charge in [-0.05, 0) is 61.5 Å². The van der Waals surface area contributed by atoms with E-state index >= 15 is 0 Å². The molecule has 0 atom stereocenters. The lowest BCUT2D eigenvalue weighted by Gasteiger charge is -2.10. The second-order valence-electron chi connectivity index (χ2n) is 7.94. The van der Waals surface area contributed by atoms with Crippen LogP contribution in [0.25, 0.3) is 39.2 Å². The smallest absolute Gasteiger partial charge is 0.253 e. The Morgan fingerprint density at radius 2 is 1.62 bits per heavy atom. The number of aryl methyl sites for hydroxylation is 1. The summed E-state index contributed by atoms with van der Waals surface area (Å²) in [7, 11) is 0. The highest BCUT2D eigenvalue weighted by Crippen LogP contribution is 2.27. The largest absolute Gasteiger partial charge is 0.487 e. The van der Waals surface area contributed by atoms with E-state index in [9.17, 15) is 0 Å². The summed E-state index contributed by atoms with van der Waals surface area (Å²) >= 11 is 0. The SMILES string of the molecule is Cc1nc2nc(-c3ccncc3)cc(-c3ccc(OCc4ccc5ccccc5n4)cc3)n2n1. The number of hydrogen-bond donors (Lipinski definition) is 0. The fourth-order valence-corrected chi connectivity index (χ4v) is 3.91. The van der Waals surface area contributed by atoms with Crippen LogP contribution in [0.15, 0.2) is 91.3 Å². The van der Waals surface area contributed by atoms with Crippen LogP contribution in [0.3, 0.4) is 0 Å². The van der Waals surface area contributed by atoms with Gasteiger partial charge in [0.25, 0.3) is 5.78 Å². The zero-order valence-corrected chi connectivity index (χ0v) is 18.5. The highest BCUT2D eigenvalue weighted by molar-refractivity contribution is 5.78. The van der Waals surface area contributed by atoms with Gasteiger partial charge in [-0.2, -0.15) is 9.50 Å². The molecule has 0 amide bonds. The van der Waals surface area contributed by atoms with Gasteiger partial charge < -0.3 is 4.74 Å². The number of fused-ring (bicyclic) bond motifs is 2. The first-order valence-corrected chi connectivity index (χ1v) is 11.0. The number of ether oxygens (including phenoxy) is 1. The monoisotopic (exact) mass is 444 g/mol. The summed E-state index contributed by atoms with van der Waals surface area (Å²) in [5.41, 5.74) is 5.54. The van der Waals surface area contributed by atoms with Crippen LogP contribution in [0.4, 0.5) is 0 Å². The standard InChI is InChI=1S/C27H20N6O/c1-18-29-27-31-25(20-12-14-28-15-13-20)16-26(33(27)32-18)21-7-10-23(11-8-21)34-17-22-9-6-19-4-2-3-5-24(19)30-22/h2-16H,17H2,1H3. The minimum atomic E-state index is 0.401. The fraction of sp³-hybridized carbons (Fsp3) is 0.0741. The van der Waals surface area contributed by atoms with Crippen LogP contribution in [-0.4, -0.2) is 29.5 Å². The topological polar surface area (TPSA) is 78.1 Å². The van der Waals surface area contributed by atoms with Crippen LogP contribution in [0.2, 0.25) is 0 Å². The number of benzene rings is 2. The predicted molar refractivity (Wildman–Crippen MR) is 130 cm³/mol. The third-order valence-corrected chi connectivity index (χ3v) is 5.59. The molecule has 0 fully saturated rings. The zero-order valence-electron chi connectivity index (χ0n) is 18.5. The van der Waals surface area contributed by atoms with Crippen LogP contribution in [0.1, 0.15) is 11.5 Å². The first kappa shape index (κ1) is 20.0. The van der Waals surface area contributed by atoms with Gasteiger partial charge in [-0.15, -0.1) is 5.10 Å². The molecule has 0 N–H and O–H groups in total. The molecule has 4 aromatic heterocycles. The Labute approximate surface area is 195 Å². The summed E-state index contributed by atoms with van der Waals surface area (Å²) in [6, 6.07) is 26.0. The van der Waals surface area contributed by atoms with Crippen LogP contribution in [-0.2, 0) is 6.61 Å². The summed E-state index contributed by atoms with van der Waals surface area (Å²) in [6.07, 6.45) is 3.51. The van der Waals surface area contributed by atoms with Crippen LogP contribution < -0.4 is 4.74 Å². The highest BCUT2D eigenvalue weighted by Gasteiger charge is 2.13. The number of rotatable bonds is 5. The van der Waals surface area contributed by atoms with E-state index in [2.05, 4.69) is 37.2 Å². The van der Waals surface area contributed by atoms with Crippen molar-refractivity contribution in [3.63, 3.8) is 0 Å². The van der Waals surface area contributed by atoms with Gasteiger partial charge in [0.15, 0.2) is 0 Å². The van der Waals surface area contributed by atoms with Crippen LogP contribution in [0, 0.1) is 6.92 Å². The van der Waals surface area contributed by atoms with Crippen molar-refractivity contribution in [1.82, 2.24) is 29.5 Å². The molecule has 0 aliphatic carbocycles. The maximum atomic E-state index is 6.00. The van der Waals surface area contributed by atoms with Gasteiger partial charge in [-0.3, -0.25) is 4.98 Å². The first-order valence-electron chi connectivity index (χ1n) is 11.0. The average Bonchev–Trinajstić information content (AvgIpc) is 3.28. The fourth-order valence-electron chi connectivity index (χ4n) is 3.91. The van der Waals surface area contributed by atoms with Gasteiger partial charge in [-0.1, -0.05) is 24.3 Å². The van der Waals surface area contributed by atoms with Crippen molar-refractivity contribution < 1.29 is 4.74 Å². The number of pyridine rings is 2. The van der Waals surface area contributed by atoms with Crippen molar-refractivity contribution in [3.05, 3.63) is 103 Å². The van der Waals surface area contributed by atoms with Gasteiger partial charge >= 0.3 is 0 Å². The minimum Gasteiger partial charge on any atom is -0.487 e. The molecule has 34 heavy (non-hydrogen) atoms. The summed E-state index contributed by atoms with van der Waals surface area (Å²) in [6.45, 7) is 2.26. The van der Waals surface area contributed by atoms with Gasteiger partial charge in [0.2, 0.25) is 0 Å². The molecule has 4 heterocycles. The maximum absolute atomic E-state index is 6.00. The Bertz CT molecular complexity index is 1610. The van der Waals surface area contributed by atoms with Crippen molar-refractivity contribution in [2.75, 3.05) is 0 Å². The Kier molecular flexibility index (Phi) is 4.92. The van der Waals surface area contributed by atoms with Crippen molar-refractivity contribution in [3.8, 4) is 28.3 Å². The lowest BCUT2D eigenvalue weighted by atomic mass is 10.1. The summed E-state index contributed by atoms with van der Waals surface area (Å²) in [5, 5.41) is 5.66. The molecular formula is C27H20N6O. The Morgan fingerprint density at radius 3 is 2.47 bits per heavy atom. The van der Waals surface area contributed by atoms with E-state index in [4.69, 9.17) is 4.74 Å². The minimum absolute atomic E-state index is 0.401. The lowest BCUT2D eigenvalue weighted by Crippen LogP contribution is -2.00. The third kappa shape index (κ3) is 3.84. The van der Waals surface area contributed by atoms with E-state index in [1.54, 1.807) is 16.9 Å². The molecule has 0 bridgehead atoms. The van der Waals surface area contributed by atoms with Gasteiger partial charge in [0, 0.05) is 28.9 Å². The zero-order chi connectivity index (χ0) is 22.9. The first-order chi connectivity index (χ1) is 16.7. The van der Waals surface area contributed by atoms with E-state index in [1.165, 1.54) is 0 Å². The molecule has 164 valence electrons. The van der Waals surface area contributed by atoms with E-state index in [1.807, 2.05) is 73.7 Å². The molecule has 7 heteroatoms. The lowest BCUT2D eigenvalue weighted by molar-refractivity contribution is 0.302. The number of para-hydroxylation sites is 1. The number of hydrogen-bond acceptors (Lipinski definition) is 6. The molecule has 6 rings (SSSR count). The molecule has 2 aromatic carbocycles. The Morgan fingerprint density at radius 1 is 0.794 bits per heavy atom. The van der Waals surface area contributed by atoms with E-state index in [0.29, 0.717) is 18.2 Å². The quantitative estimate of drug-likeness (QED) is 0.360. The average molecular weight is 444 g/mol. The predicted octanol–water partition coefficient (Wildman–Crippen LogP) is 5.29. The highest BCUT2D eigenvalue weighted by atomic mass is 16.5. The molecular weight excluding hydrogens is 424 g/mol. The summed E-state index contributed by atoms with van der Waals surface area (Å²) in [4.78, 5) is 17.9. The second kappa shape index (κ2) is 8.37. The van der Waals surface area contributed by atoms with Crippen molar-refractivity contribution in [1.29, 1.82) is 0 Å². The molecule has 0 radical (unpaired) electrons. The van der Waals surface area contributed by atoms with E-state index in [0.717, 1.165) is 44.9 Å². The maximum Gasteiger partial charge on any atom is 0.253 e. The Balaban J connectivity index is 1.29. The van der Waals surface area contributed by atoms with Gasteiger partial charge in [-0.25, -0.2) is 9.97 Å². The van der Waals surface area contributed by atoms with Crippen molar-refractivity contribution in [2.24, 2.45) is 0 Å². The van der Waals surface area contributed by atoms with Crippen molar-refractivity contribution >= 4 is 16.7 Å². The molecule has 0 aliphatic rings. The molecule has 0 aliphatic heterocycles. The molecule has 0 unspecified atom stereocenters. The molecule has 6 aromatic rings. The third-order valence-electron chi connectivity index (χ3n) is 5.59. The molecule has 0 saturated carbocycles. The number of aromatic nitrogens is 6.